The van der Waals surface area contributed by atoms with Gasteiger partial charge in [-0.1, -0.05) is 36.4 Å². The Hall–Kier alpha value is -1.61. The van der Waals surface area contributed by atoms with E-state index in [1.807, 2.05) is 24.3 Å². The molecule has 1 atom stereocenters. The zero-order valence-electron chi connectivity index (χ0n) is 10.3. The third-order valence-electron chi connectivity index (χ3n) is 2.53. The summed E-state index contributed by atoms with van der Waals surface area (Å²) < 4.78 is 0. The molecule has 0 aliphatic rings. The highest BCUT2D eigenvalue weighted by atomic mass is 16.2. The number of carbonyl (C=O) groups excluding carboxylic acids is 1. The summed E-state index contributed by atoms with van der Waals surface area (Å²) in [5, 5.41) is 0. The van der Waals surface area contributed by atoms with Crippen molar-refractivity contribution in [2.24, 2.45) is 0 Å². The van der Waals surface area contributed by atoms with Crippen molar-refractivity contribution in [3.8, 4) is 0 Å². The van der Waals surface area contributed by atoms with Crippen molar-refractivity contribution < 1.29 is 4.79 Å². The van der Waals surface area contributed by atoms with Crippen LogP contribution in [0.3, 0.4) is 0 Å². The molecule has 3 heteroatoms. The maximum atomic E-state index is 10.8. The van der Waals surface area contributed by atoms with E-state index >= 15 is 0 Å². The smallest absolute Gasteiger partial charge is 0.230 e. The van der Waals surface area contributed by atoms with Crippen molar-refractivity contribution in [2.45, 2.75) is 32.2 Å². The Labute approximate surface area is 103 Å². The molecule has 0 fully saturated rings. The molecule has 0 aliphatic carbocycles. The van der Waals surface area contributed by atoms with Crippen LogP contribution in [0.4, 0.5) is 0 Å². The van der Waals surface area contributed by atoms with Gasteiger partial charge in [0.05, 0.1) is 0 Å². The fourth-order valence-corrected chi connectivity index (χ4v) is 1.64. The van der Waals surface area contributed by atoms with Crippen LogP contribution in [-0.4, -0.2) is 11.9 Å². The molecule has 0 aromatic heterocycles. The van der Waals surface area contributed by atoms with Crippen LogP contribution in [0.15, 0.2) is 43.0 Å². The monoisotopic (exact) mass is 232 g/mol. The summed E-state index contributed by atoms with van der Waals surface area (Å²) >= 11 is 0. The van der Waals surface area contributed by atoms with E-state index in [0.717, 1.165) is 19.3 Å². The lowest BCUT2D eigenvalue weighted by atomic mass is 10.0. The predicted molar refractivity (Wildman–Crippen MR) is 70.3 cm³/mol. The Balaban J connectivity index is 2.38. The van der Waals surface area contributed by atoms with Gasteiger partial charge in [-0.3, -0.25) is 10.2 Å². The molecule has 1 amide bonds. The van der Waals surface area contributed by atoms with Gasteiger partial charge >= 0.3 is 0 Å². The van der Waals surface area contributed by atoms with Crippen LogP contribution in [0.5, 0.6) is 0 Å². The standard InChI is InChI=1S/C14H20N2O/c1-3-7-14(16-15-12(2)17)11-10-13-8-5-4-6-9-13/h3-6,8-9,14,16H,1,7,10-11H2,2H3,(H,15,17). The third kappa shape index (κ3) is 5.88. The maximum Gasteiger partial charge on any atom is 0.230 e. The highest BCUT2D eigenvalue weighted by molar-refractivity contribution is 5.72. The van der Waals surface area contributed by atoms with E-state index in [-0.39, 0.29) is 11.9 Å². The number of aryl methyl sites for hydroxylation is 1. The molecule has 1 aromatic carbocycles. The molecular formula is C14H20N2O. The molecule has 2 N–H and O–H groups in total. The van der Waals surface area contributed by atoms with Gasteiger partial charge in [-0.2, -0.15) is 0 Å². The summed E-state index contributed by atoms with van der Waals surface area (Å²) in [6.07, 6.45) is 4.67. The minimum Gasteiger partial charge on any atom is -0.292 e. The summed E-state index contributed by atoms with van der Waals surface area (Å²) in [5.74, 6) is -0.0706. The average molecular weight is 232 g/mol. The van der Waals surface area contributed by atoms with Gasteiger partial charge in [-0.05, 0) is 24.8 Å². The highest BCUT2D eigenvalue weighted by Crippen LogP contribution is 2.07. The Morgan fingerprint density at radius 1 is 1.41 bits per heavy atom. The number of nitrogens with one attached hydrogen (secondary N) is 2. The average Bonchev–Trinajstić information content (AvgIpc) is 2.34. The molecule has 1 rings (SSSR count). The van der Waals surface area contributed by atoms with E-state index in [1.54, 1.807) is 0 Å². The van der Waals surface area contributed by atoms with E-state index in [1.165, 1.54) is 12.5 Å². The molecule has 0 heterocycles. The first-order chi connectivity index (χ1) is 8.22. The number of hydrogen-bond donors (Lipinski definition) is 2. The summed E-state index contributed by atoms with van der Waals surface area (Å²) in [7, 11) is 0. The highest BCUT2D eigenvalue weighted by Gasteiger charge is 2.06. The van der Waals surface area contributed by atoms with Gasteiger partial charge in [0.15, 0.2) is 0 Å². The number of carbonyl (C=O) groups is 1. The molecule has 0 aliphatic heterocycles. The third-order valence-corrected chi connectivity index (χ3v) is 2.53. The zero-order chi connectivity index (χ0) is 12.5. The number of hydrazine groups is 1. The Kier molecular flexibility index (Phi) is 6.04. The van der Waals surface area contributed by atoms with Crippen molar-refractivity contribution in [1.29, 1.82) is 0 Å². The second-order valence-electron chi connectivity index (χ2n) is 4.07. The quantitative estimate of drug-likeness (QED) is 0.559. The van der Waals surface area contributed by atoms with Crippen molar-refractivity contribution in [1.82, 2.24) is 10.9 Å². The Morgan fingerprint density at radius 3 is 2.71 bits per heavy atom. The van der Waals surface area contributed by atoms with E-state index in [0.29, 0.717) is 0 Å². The van der Waals surface area contributed by atoms with Gasteiger partial charge in [-0.25, -0.2) is 5.43 Å². The van der Waals surface area contributed by atoms with Crippen LogP contribution in [0, 0.1) is 0 Å². The first-order valence-electron chi connectivity index (χ1n) is 5.89. The van der Waals surface area contributed by atoms with Gasteiger partial charge in [0.2, 0.25) is 5.91 Å². The summed E-state index contributed by atoms with van der Waals surface area (Å²) in [6.45, 7) is 5.23. The molecule has 0 bridgehead atoms. The minimum absolute atomic E-state index is 0.0706. The first kappa shape index (κ1) is 13.5. The summed E-state index contributed by atoms with van der Waals surface area (Å²) in [6, 6.07) is 10.6. The van der Waals surface area contributed by atoms with Gasteiger partial charge in [0, 0.05) is 13.0 Å². The van der Waals surface area contributed by atoms with Gasteiger partial charge < -0.3 is 0 Å². The van der Waals surface area contributed by atoms with Crippen LogP contribution in [-0.2, 0) is 11.2 Å². The molecular weight excluding hydrogens is 212 g/mol. The largest absolute Gasteiger partial charge is 0.292 e. The second kappa shape index (κ2) is 7.63. The number of hydrogen-bond acceptors (Lipinski definition) is 2. The van der Waals surface area contributed by atoms with E-state index < -0.39 is 0 Å². The summed E-state index contributed by atoms with van der Waals surface area (Å²) in [5.41, 5.74) is 6.96. The van der Waals surface area contributed by atoms with E-state index in [2.05, 4.69) is 29.6 Å². The van der Waals surface area contributed by atoms with Gasteiger partial charge in [0.1, 0.15) is 0 Å². The van der Waals surface area contributed by atoms with Gasteiger partial charge in [-0.15, -0.1) is 6.58 Å². The predicted octanol–water partition coefficient (Wildman–Crippen LogP) is 2.20. The number of rotatable bonds is 7. The molecule has 17 heavy (non-hydrogen) atoms. The molecule has 0 saturated carbocycles. The Morgan fingerprint density at radius 2 is 2.12 bits per heavy atom. The lowest BCUT2D eigenvalue weighted by Crippen LogP contribution is -2.43. The minimum atomic E-state index is -0.0706. The van der Waals surface area contributed by atoms with E-state index in [4.69, 9.17) is 0 Å². The molecule has 1 unspecified atom stereocenters. The SMILES string of the molecule is C=CCC(CCc1ccccc1)NNC(C)=O. The molecule has 0 saturated heterocycles. The molecule has 1 aromatic rings. The van der Waals surface area contributed by atoms with Crippen molar-refractivity contribution in [2.75, 3.05) is 0 Å². The normalized spacial score (nSPS) is 11.8. The fraction of sp³-hybridized carbons (Fsp3) is 0.357. The lowest BCUT2D eigenvalue weighted by molar-refractivity contribution is -0.120. The Bertz CT molecular complexity index is 348. The van der Waals surface area contributed by atoms with Crippen LogP contribution >= 0.6 is 0 Å². The van der Waals surface area contributed by atoms with Crippen molar-refractivity contribution in [3.05, 3.63) is 48.6 Å². The van der Waals surface area contributed by atoms with Crippen LogP contribution in [0.2, 0.25) is 0 Å². The fourth-order valence-electron chi connectivity index (χ4n) is 1.64. The molecule has 0 spiro atoms. The van der Waals surface area contributed by atoms with Crippen LogP contribution in [0.25, 0.3) is 0 Å². The van der Waals surface area contributed by atoms with Crippen molar-refractivity contribution in [3.63, 3.8) is 0 Å². The van der Waals surface area contributed by atoms with E-state index in [9.17, 15) is 4.79 Å². The second-order valence-corrected chi connectivity index (χ2v) is 4.07. The maximum absolute atomic E-state index is 10.8. The molecule has 92 valence electrons. The zero-order valence-corrected chi connectivity index (χ0v) is 10.3. The first-order valence-corrected chi connectivity index (χ1v) is 5.89. The van der Waals surface area contributed by atoms with Crippen LogP contribution in [0.1, 0.15) is 25.3 Å². The van der Waals surface area contributed by atoms with Crippen LogP contribution < -0.4 is 10.9 Å². The number of amides is 1. The van der Waals surface area contributed by atoms with Gasteiger partial charge in [0.25, 0.3) is 0 Å². The molecule has 0 radical (unpaired) electrons. The van der Waals surface area contributed by atoms with Crippen molar-refractivity contribution >= 4 is 5.91 Å². The summed E-state index contributed by atoms with van der Waals surface area (Å²) in [4.78, 5) is 10.8. The molecule has 3 nitrogen and oxygen atoms in total. The lowest BCUT2D eigenvalue weighted by Gasteiger charge is -2.17. The topological polar surface area (TPSA) is 41.1 Å². The number of benzene rings is 1.